The van der Waals surface area contributed by atoms with Crippen LogP contribution in [-0.2, 0) is 0 Å². The van der Waals surface area contributed by atoms with Crippen molar-refractivity contribution in [3.8, 4) is 56.7 Å². The fourth-order valence-corrected chi connectivity index (χ4v) is 8.16. The number of fused-ring (bicyclic) bond motifs is 6. The third kappa shape index (κ3) is 5.29. The summed E-state index contributed by atoms with van der Waals surface area (Å²) < 4.78 is 4.58. The van der Waals surface area contributed by atoms with E-state index in [-0.39, 0.29) is 0 Å². The molecule has 3 aromatic heterocycles. The molecule has 8 aromatic carbocycles. The van der Waals surface area contributed by atoms with Gasteiger partial charge in [-0.1, -0.05) is 152 Å². The molecule has 262 valence electrons. The van der Waals surface area contributed by atoms with Gasteiger partial charge in [-0.2, -0.15) is 9.97 Å². The molecule has 0 aliphatic rings. The van der Waals surface area contributed by atoms with Crippen LogP contribution < -0.4 is 0 Å². The summed E-state index contributed by atoms with van der Waals surface area (Å²) in [6, 6.07) is 70.3. The van der Waals surface area contributed by atoms with E-state index in [0.29, 0.717) is 17.6 Å². The summed E-state index contributed by atoms with van der Waals surface area (Å²) in [7, 11) is 0. The first kappa shape index (κ1) is 31.9. The standard InChI is InChI=1S/C51H33N5/c1-4-16-34(17-5-1)36-20-14-21-37(30-36)38-22-15-23-39(31-38)50-52-49(35-18-6-2-7-19-35)53-51(54-50)56-46-29-13-11-27-42(46)44-32-47-43(33-48(44)56)41-26-10-12-28-45(41)55(47)40-24-8-3-9-25-40/h1-33H. The van der Waals surface area contributed by atoms with E-state index >= 15 is 0 Å². The molecule has 11 aromatic rings. The summed E-state index contributed by atoms with van der Waals surface area (Å²) >= 11 is 0. The van der Waals surface area contributed by atoms with E-state index in [1.807, 2.05) is 24.3 Å². The van der Waals surface area contributed by atoms with Crippen molar-refractivity contribution in [1.82, 2.24) is 24.1 Å². The Hall–Kier alpha value is -7.63. The highest BCUT2D eigenvalue weighted by Gasteiger charge is 2.21. The maximum atomic E-state index is 5.30. The zero-order valence-electron chi connectivity index (χ0n) is 30.3. The molecular formula is C51H33N5. The molecule has 56 heavy (non-hydrogen) atoms. The first-order valence-corrected chi connectivity index (χ1v) is 18.9. The van der Waals surface area contributed by atoms with Gasteiger partial charge in [0.05, 0.1) is 22.1 Å². The molecule has 0 spiro atoms. The van der Waals surface area contributed by atoms with Crippen LogP contribution in [0.1, 0.15) is 0 Å². The number of para-hydroxylation sites is 3. The van der Waals surface area contributed by atoms with Crippen LogP contribution in [-0.4, -0.2) is 24.1 Å². The van der Waals surface area contributed by atoms with Crippen LogP contribution in [0.15, 0.2) is 200 Å². The fraction of sp³-hybridized carbons (Fsp3) is 0. The average Bonchev–Trinajstić information content (AvgIpc) is 3.78. The van der Waals surface area contributed by atoms with Gasteiger partial charge in [-0.15, -0.1) is 0 Å². The molecule has 3 heterocycles. The largest absolute Gasteiger partial charge is 0.309 e. The monoisotopic (exact) mass is 715 g/mol. The number of hydrogen-bond donors (Lipinski definition) is 0. The highest BCUT2D eigenvalue weighted by Crippen LogP contribution is 2.40. The van der Waals surface area contributed by atoms with E-state index in [4.69, 9.17) is 15.0 Å². The zero-order valence-corrected chi connectivity index (χ0v) is 30.3. The Morgan fingerprint density at radius 3 is 1.32 bits per heavy atom. The van der Waals surface area contributed by atoms with Gasteiger partial charge >= 0.3 is 0 Å². The van der Waals surface area contributed by atoms with Gasteiger partial charge in [0.1, 0.15) is 0 Å². The molecular weight excluding hydrogens is 683 g/mol. The number of rotatable bonds is 6. The molecule has 0 amide bonds. The van der Waals surface area contributed by atoms with E-state index < -0.39 is 0 Å². The van der Waals surface area contributed by atoms with Crippen LogP contribution in [0.5, 0.6) is 0 Å². The second-order valence-corrected chi connectivity index (χ2v) is 14.1. The Kier molecular flexibility index (Phi) is 7.42. The lowest BCUT2D eigenvalue weighted by atomic mass is 9.98. The van der Waals surface area contributed by atoms with E-state index in [1.165, 1.54) is 27.4 Å². The van der Waals surface area contributed by atoms with E-state index in [0.717, 1.165) is 55.3 Å². The van der Waals surface area contributed by atoms with E-state index in [9.17, 15) is 0 Å². The molecule has 0 saturated carbocycles. The van der Waals surface area contributed by atoms with Crippen molar-refractivity contribution in [3.63, 3.8) is 0 Å². The quantitative estimate of drug-likeness (QED) is 0.172. The van der Waals surface area contributed by atoms with E-state index in [1.54, 1.807) is 0 Å². The van der Waals surface area contributed by atoms with Crippen molar-refractivity contribution in [2.24, 2.45) is 0 Å². The maximum Gasteiger partial charge on any atom is 0.238 e. The van der Waals surface area contributed by atoms with Gasteiger partial charge in [0.2, 0.25) is 5.95 Å². The van der Waals surface area contributed by atoms with Gasteiger partial charge in [0.25, 0.3) is 0 Å². The highest BCUT2D eigenvalue weighted by molar-refractivity contribution is 6.18. The molecule has 0 bridgehead atoms. The summed E-state index contributed by atoms with van der Waals surface area (Å²) in [6.45, 7) is 0. The van der Waals surface area contributed by atoms with Gasteiger partial charge in [0, 0.05) is 38.4 Å². The first-order chi connectivity index (χ1) is 27.8. The third-order valence-corrected chi connectivity index (χ3v) is 10.8. The Labute approximate surface area is 323 Å². The zero-order chi connectivity index (χ0) is 37.0. The molecule has 0 atom stereocenters. The summed E-state index contributed by atoms with van der Waals surface area (Å²) in [5.41, 5.74) is 12.0. The minimum absolute atomic E-state index is 0.572. The fourth-order valence-electron chi connectivity index (χ4n) is 8.16. The maximum absolute atomic E-state index is 5.30. The molecule has 5 heteroatoms. The summed E-state index contributed by atoms with van der Waals surface area (Å²) in [5.74, 6) is 1.81. The van der Waals surface area contributed by atoms with Crippen LogP contribution in [0.25, 0.3) is 100 Å². The third-order valence-electron chi connectivity index (χ3n) is 10.8. The molecule has 0 saturated heterocycles. The normalized spacial score (nSPS) is 11.6. The summed E-state index contributed by atoms with van der Waals surface area (Å²) in [5, 5.41) is 4.64. The number of benzene rings is 8. The molecule has 0 N–H and O–H groups in total. The van der Waals surface area contributed by atoms with Crippen molar-refractivity contribution < 1.29 is 0 Å². The predicted molar refractivity (Wildman–Crippen MR) is 230 cm³/mol. The minimum Gasteiger partial charge on any atom is -0.309 e. The molecule has 5 nitrogen and oxygen atoms in total. The van der Waals surface area contributed by atoms with Gasteiger partial charge in [-0.25, -0.2) is 4.98 Å². The summed E-state index contributed by atoms with van der Waals surface area (Å²) in [4.78, 5) is 15.7. The molecule has 0 aliphatic heterocycles. The Morgan fingerprint density at radius 2 is 0.696 bits per heavy atom. The van der Waals surface area contributed by atoms with Crippen molar-refractivity contribution in [2.45, 2.75) is 0 Å². The van der Waals surface area contributed by atoms with Crippen LogP contribution in [0.2, 0.25) is 0 Å². The van der Waals surface area contributed by atoms with Crippen molar-refractivity contribution >= 4 is 43.6 Å². The molecule has 0 radical (unpaired) electrons. The summed E-state index contributed by atoms with van der Waals surface area (Å²) in [6.07, 6.45) is 0. The van der Waals surface area contributed by atoms with Crippen molar-refractivity contribution in [1.29, 1.82) is 0 Å². The number of hydrogen-bond acceptors (Lipinski definition) is 3. The van der Waals surface area contributed by atoms with Crippen LogP contribution >= 0.6 is 0 Å². The Morgan fingerprint density at radius 1 is 0.268 bits per heavy atom. The molecule has 0 fully saturated rings. The molecule has 0 aliphatic carbocycles. The lowest BCUT2D eigenvalue weighted by Gasteiger charge is -2.12. The average molecular weight is 716 g/mol. The predicted octanol–water partition coefficient (Wildman–Crippen LogP) is 12.7. The smallest absolute Gasteiger partial charge is 0.238 e. The Balaban J connectivity index is 1.14. The van der Waals surface area contributed by atoms with Gasteiger partial charge in [-0.05, 0) is 70.8 Å². The van der Waals surface area contributed by atoms with Gasteiger partial charge in [-0.3, -0.25) is 4.57 Å². The van der Waals surface area contributed by atoms with Crippen LogP contribution in [0.3, 0.4) is 0 Å². The lowest BCUT2D eigenvalue weighted by molar-refractivity contribution is 0.954. The minimum atomic E-state index is 0.572. The van der Waals surface area contributed by atoms with Gasteiger partial charge in [0.15, 0.2) is 11.6 Å². The molecule has 11 rings (SSSR count). The van der Waals surface area contributed by atoms with Crippen LogP contribution in [0.4, 0.5) is 0 Å². The van der Waals surface area contributed by atoms with Crippen LogP contribution in [0, 0.1) is 0 Å². The second kappa shape index (κ2) is 13.0. The second-order valence-electron chi connectivity index (χ2n) is 14.1. The van der Waals surface area contributed by atoms with Crippen molar-refractivity contribution in [2.75, 3.05) is 0 Å². The number of aromatic nitrogens is 5. The molecule has 0 unspecified atom stereocenters. The SMILES string of the molecule is c1ccc(-c2cccc(-c3cccc(-c4nc(-c5ccccc5)nc(-n5c6ccccc6c6cc7c(cc65)c5ccccc5n7-c5ccccc5)n4)c3)c2)cc1. The number of nitrogens with zero attached hydrogens (tertiary/aromatic N) is 5. The van der Waals surface area contributed by atoms with E-state index in [2.05, 4.69) is 185 Å². The van der Waals surface area contributed by atoms with Gasteiger partial charge < -0.3 is 4.57 Å². The lowest BCUT2D eigenvalue weighted by Crippen LogP contribution is -2.06. The topological polar surface area (TPSA) is 48.5 Å². The highest BCUT2D eigenvalue weighted by atomic mass is 15.2. The first-order valence-electron chi connectivity index (χ1n) is 18.9. The van der Waals surface area contributed by atoms with Crippen molar-refractivity contribution in [3.05, 3.63) is 200 Å². The Bertz CT molecular complexity index is 3240.